The molecular weight excluding hydrogens is 428 g/mol. The van der Waals surface area contributed by atoms with Crippen LogP contribution in [0.25, 0.3) is 0 Å². The highest BCUT2D eigenvalue weighted by atomic mass is 32.2. The first-order valence-corrected chi connectivity index (χ1v) is 11.7. The minimum Gasteiger partial charge on any atom is -0.325 e. The summed E-state index contributed by atoms with van der Waals surface area (Å²) < 4.78 is 0.620. The second kappa shape index (κ2) is 9.62. The predicted molar refractivity (Wildman–Crippen MR) is 128 cm³/mol. The Morgan fingerprint density at radius 2 is 1.71 bits per heavy atom. The summed E-state index contributed by atoms with van der Waals surface area (Å²) in [6.07, 6.45) is 0. The third kappa shape index (κ3) is 6.15. The quantitative estimate of drug-likeness (QED) is 0.383. The Morgan fingerprint density at radius 1 is 1.00 bits per heavy atom. The molecular formula is C23H26N4O2S2. The van der Waals surface area contributed by atoms with Crippen LogP contribution >= 0.6 is 23.1 Å². The smallest absolute Gasteiger partial charge is 0.257 e. The van der Waals surface area contributed by atoms with Crippen LogP contribution in [-0.4, -0.2) is 27.8 Å². The Kier molecular flexibility index (Phi) is 7.12. The monoisotopic (exact) mass is 454 g/mol. The molecule has 3 rings (SSSR count). The zero-order valence-corrected chi connectivity index (χ0v) is 19.9. The molecule has 1 heterocycles. The van der Waals surface area contributed by atoms with Gasteiger partial charge in [0.2, 0.25) is 11.0 Å². The van der Waals surface area contributed by atoms with Crippen molar-refractivity contribution in [2.45, 2.75) is 44.4 Å². The molecule has 3 aromatic rings. The number of benzene rings is 2. The highest BCUT2D eigenvalue weighted by Crippen LogP contribution is 2.27. The summed E-state index contributed by atoms with van der Waals surface area (Å²) in [5, 5.41) is 14.2. The molecule has 0 radical (unpaired) electrons. The number of rotatable bonds is 6. The second-order valence-corrected chi connectivity index (χ2v) is 10.4. The number of carbonyl (C=O) groups is 2. The topological polar surface area (TPSA) is 84.0 Å². The fraction of sp³-hybridized carbons (Fsp3) is 0.304. The first-order chi connectivity index (χ1) is 14.6. The van der Waals surface area contributed by atoms with E-state index < -0.39 is 0 Å². The Labute approximate surface area is 190 Å². The molecule has 31 heavy (non-hydrogen) atoms. The van der Waals surface area contributed by atoms with Gasteiger partial charge in [-0.2, -0.15) is 0 Å². The summed E-state index contributed by atoms with van der Waals surface area (Å²) in [7, 11) is 0. The largest absolute Gasteiger partial charge is 0.325 e. The molecule has 2 N–H and O–H groups in total. The van der Waals surface area contributed by atoms with Crippen LogP contribution in [0, 0.1) is 13.8 Å². The summed E-state index contributed by atoms with van der Waals surface area (Å²) in [5.41, 5.74) is 4.75. The third-order valence-corrected chi connectivity index (χ3v) is 6.82. The molecule has 0 atom stereocenters. The molecule has 0 bridgehead atoms. The molecule has 0 saturated carbocycles. The van der Waals surface area contributed by atoms with Gasteiger partial charge in [-0.1, -0.05) is 68.1 Å². The third-order valence-electron chi connectivity index (χ3n) is 4.85. The molecule has 6 nitrogen and oxygen atoms in total. The van der Waals surface area contributed by atoms with Crippen molar-refractivity contribution in [3.63, 3.8) is 0 Å². The van der Waals surface area contributed by atoms with Crippen molar-refractivity contribution in [3.05, 3.63) is 64.7 Å². The van der Waals surface area contributed by atoms with Crippen molar-refractivity contribution in [1.29, 1.82) is 0 Å². The van der Waals surface area contributed by atoms with Gasteiger partial charge in [-0.15, -0.1) is 10.2 Å². The lowest BCUT2D eigenvalue weighted by Crippen LogP contribution is -2.15. The van der Waals surface area contributed by atoms with E-state index in [1.54, 1.807) is 0 Å². The van der Waals surface area contributed by atoms with Crippen LogP contribution in [0.3, 0.4) is 0 Å². The fourth-order valence-corrected chi connectivity index (χ4v) is 4.36. The molecule has 0 aliphatic carbocycles. The maximum Gasteiger partial charge on any atom is 0.257 e. The minimum atomic E-state index is -0.235. The number of nitrogens with zero attached hydrogens (tertiary/aromatic N) is 2. The molecule has 0 spiro atoms. The number of aryl methyl sites for hydroxylation is 1. The van der Waals surface area contributed by atoms with E-state index >= 15 is 0 Å². The zero-order valence-electron chi connectivity index (χ0n) is 18.3. The number of amides is 2. The number of anilines is 2. The van der Waals surface area contributed by atoms with E-state index in [2.05, 4.69) is 41.6 Å². The van der Waals surface area contributed by atoms with Crippen molar-refractivity contribution in [2.75, 3.05) is 16.4 Å². The van der Waals surface area contributed by atoms with Crippen LogP contribution in [0.2, 0.25) is 0 Å². The van der Waals surface area contributed by atoms with E-state index in [0.717, 1.165) is 22.4 Å². The van der Waals surface area contributed by atoms with Crippen LogP contribution in [0.4, 0.5) is 10.8 Å². The maximum atomic E-state index is 12.5. The molecule has 2 amide bonds. The molecule has 2 aromatic carbocycles. The average molecular weight is 455 g/mol. The average Bonchev–Trinajstić information content (AvgIpc) is 3.16. The standard InChI is InChI=1S/C23H26N4O2S2/c1-14-7-6-8-18(15(14)2)24-19(28)13-30-22-27-26-21(31-22)25-20(29)16-9-11-17(12-10-16)23(3,4)5/h6-12H,13H2,1-5H3,(H,24,28)(H,25,26,29). The summed E-state index contributed by atoms with van der Waals surface area (Å²) in [6, 6.07) is 13.4. The molecule has 1 aromatic heterocycles. The van der Waals surface area contributed by atoms with Gasteiger partial charge in [0.15, 0.2) is 4.34 Å². The van der Waals surface area contributed by atoms with Crippen molar-refractivity contribution in [3.8, 4) is 0 Å². The lowest BCUT2D eigenvalue weighted by molar-refractivity contribution is -0.113. The van der Waals surface area contributed by atoms with E-state index in [-0.39, 0.29) is 23.0 Å². The van der Waals surface area contributed by atoms with Crippen molar-refractivity contribution in [1.82, 2.24) is 10.2 Å². The summed E-state index contributed by atoms with van der Waals surface area (Å²) in [6.45, 7) is 10.4. The van der Waals surface area contributed by atoms with Crippen molar-refractivity contribution >= 4 is 45.7 Å². The predicted octanol–water partition coefficient (Wildman–Crippen LogP) is 5.44. The Hall–Kier alpha value is -2.71. The van der Waals surface area contributed by atoms with Gasteiger partial charge in [0.05, 0.1) is 5.75 Å². The van der Waals surface area contributed by atoms with E-state index in [1.807, 2.05) is 56.3 Å². The van der Waals surface area contributed by atoms with Crippen LogP contribution < -0.4 is 10.6 Å². The summed E-state index contributed by atoms with van der Waals surface area (Å²) in [5.74, 6) is -0.135. The zero-order chi connectivity index (χ0) is 22.6. The molecule has 0 unspecified atom stereocenters. The molecule has 0 saturated heterocycles. The highest BCUT2D eigenvalue weighted by Gasteiger charge is 2.16. The lowest BCUT2D eigenvalue weighted by Gasteiger charge is -2.18. The van der Waals surface area contributed by atoms with E-state index in [4.69, 9.17) is 0 Å². The summed E-state index contributed by atoms with van der Waals surface area (Å²) in [4.78, 5) is 24.7. The van der Waals surface area contributed by atoms with E-state index in [0.29, 0.717) is 15.0 Å². The summed E-state index contributed by atoms with van der Waals surface area (Å²) >= 11 is 2.53. The molecule has 0 aliphatic heterocycles. The highest BCUT2D eigenvalue weighted by molar-refractivity contribution is 8.01. The minimum absolute atomic E-state index is 0.0324. The Bertz CT molecular complexity index is 1090. The van der Waals surface area contributed by atoms with Gasteiger partial charge in [-0.05, 0) is 54.2 Å². The van der Waals surface area contributed by atoms with Gasteiger partial charge in [0.25, 0.3) is 5.91 Å². The Balaban J connectivity index is 1.53. The van der Waals surface area contributed by atoms with Gasteiger partial charge in [0, 0.05) is 11.3 Å². The number of thioether (sulfide) groups is 1. The van der Waals surface area contributed by atoms with Crippen molar-refractivity contribution in [2.24, 2.45) is 0 Å². The van der Waals surface area contributed by atoms with Crippen LogP contribution in [0.15, 0.2) is 46.8 Å². The molecule has 0 aliphatic rings. The number of nitrogens with one attached hydrogen (secondary N) is 2. The van der Waals surface area contributed by atoms with E-state index in [9.17, 15) is 9.59 Å². The first kappa shape index (κ1) is 23.0. The second-order valence-electron chi connectivity index (χ2n) is 8.24. The normalized spacial score (nSPS) is 11.3. The van der Waals surface area contributed by atoms with Crippen LogP contribution in [0.1, 0.15) is 47.8 Å². The molecule has 8 heteroatoms. The SMILES string of the molecule is Cc1cccc(NC(=O)CSc2nnc(NC(=O)c3ccc(C(C)(C)C)cc3)s2)c1C. The number of aromatic nitrogens is 2. The van der Waals surface area contributed by atoms with E-state index in [1.165, 1.54) is 23.1 Å². The number of carbonyl (C=O) groups excluding carboxylic acids is 2. The first-order valence-electron chi connectivity index (χ1n) is 9.88. The van der Waals surface area contributed by atoms with Gasteiger partial charge < -0.3 is 5.32 Å². The lowest BCUT2D eigenvalue weighted by atomic mass is 9.87. The van der Waals surface area contributed by atoms with Gasteiger partial charge in [-0.3, -0.25) is 14.9 Å². The Morgan fingerprint density at radius 3 is 2.39 bits per heavy atom. The number of hydrogen-bond acceptors (Lipinski definition) is 6. The molecule has 162 valence electrons. The van der Waals surface area contributed by atoms with Crippen LogP contribution in [-0.2, 0) is 10.2 Å². The maximum absolute atomic E-state index is 12.5. The molecule has 0 fully saturated rings. The fourth-order valence-electron chi connectivity index (χ4n) is 2.81. The van der Waals surface area contributed by atoms with Gasteiger partial charge in [-0.25, -0.2) is 0 Å². The van der Waals surface area contributed by atoms with Crippen molar-refractivity contribution < 1.29 is 9.59 Å². The van der Waals surface area contributed by atoms with Gasteiger partial charge in [0.1, 0.15) is 0 Å². The van der Waals surface area contributed by atoms with Crippen LogP contribution in [0.5, 0.6) is 0 Å². The van der Waals surface area contributed by atoms with Gasteiger partial charge >= 0.3 is 0 Å². The number of hydrogen-bond donors (Lipinski definition) is 2.